The standard InChI is InChI=1S/C17H19ClN2O5/c1-17(2,3)25-16(24)20-7-8(5-18)12-10(20)4-11(21)14-13(12)9(6-19-14)15(22)23/h4,6,8,19,21H,5,7H2,1-3H3,(H,22,23)/t8-/m1/s1. The van der Waals surface area contributed by atoms with Crippen molar-refractivity contribution in [1.82, 2.24) is 4.98 Å². The lowest BCUT2D eigenvalue weighted by Crippen LogP contribution is -2.36. The van der Waals surface area contributed by atoms with Gasteiger partial charge in [0.25, 0.3) is 0 Å². The van der Waals surface area contributed by atoms with Gasteiger partial charge < -0.3 is 19.9 Å². The number of carbonyl (C=O) groups is 2. The van der Waals surface area contributed by atoms with Gasteiger partial charge in [0, 0.05) is 36.0 Å². The van der Waals surface area contributed by atoms with Crippen molar-refractivity contribution in [1.29, 1.82) is 0 Å². The lowest BCUT2D eigenvalue weighted by Gasteiger charge is -2.25. The molecule has 0 fully saturated rings. The summed E-state index contributed by atoms with van der Waals surface area (Å²) in [6, 6.07) is 1.44. The molecule has 1 aliphatic heterocycles. The number of carboxylic acids is 1. The third-order valence-electron chi connectivity index (χ3n) is 4.09. The number of aromatic amines is 1. The fourth-order valence-electron chi connectivity index (χ4n) is 3.14. The van der Waals surface area contributed by atoms with Gasteiger partial charge in [-0.3, -0.25) is 4.90 Å². The second-order valence-corrected chi connectivity index (χ2v) is 7.34. The van der Waals surface area contributed by atoms with E-state index in [4.69, 9.17) is 16.3 Å². The van der Waals surface area contributed by atoms with E-state index in [1.165, 1.54) is 17.2 Å². The van der Waals surface area contributed by atoms with Crippen LogP contribution in [0.1, 0.15) is 42.6 Å². The lowest BCUT2D eigenvalue weighted by molar-refractivity contribution is 0.0581. The quantitative estimate of drug-likeness (QED) is 0.704. The molecular formula is C17H19ClN2O5. The Bertz CT molecular complexity index is 868. The van der Waals surface area contributed by atoms with E-state index in [-0.39, 0.29) is 29.7 Å². The Labute approximate surface area is 149 Å². The SMILES string of the molecule is CC(C)(C)OC(=O)N1C[C@@H](CCl)c2c1cc(O)c1[nH]cc(C(=O)O)c21. The number of aromatic hydroxyl groups is 1. The zero-order valence-corrected chi connectivity index (χ0v) is 14.8. The maximum atomic E-state index is 12.5. The predicted octanol–water partition coefficient (Wildman–Crippen LogP) is 3.65. The second-order valence-electron chi connectivity index (χ2n) is 7.03. The summed E-state index contributed by atoms with van der Waals surface area (Å²) in [4.78, 5) is 28.3. The first-order chi connectivity index (χ1) is 11.6. The van der Waals surface area contributed by atoms with E-state index in [0.717, 1.165) is 0 Å². The summed E-state index contributed by atoms with van der Waals surface area (Å²) in [5, 5.41) is 20.1. The number of rotatable bonds is 2. The minimum Gasteiger partial charge on any atom is -0.506 e. The highest BCUT2D eigenvalue weighted by atomic mass is 35.5. The van der Waals surface area contributed by atoms with Crippen molar-refractivity contribution < 1.29 is 24.5 Å². The number of carboxylic acid groups (broad SMARTS) is 1. The van der Waals surface area contributed by atoms with Gasteiger partial charge in [-0.1, -0.05) is 0 Å². The molecule has 0 radical (unpaired) electrons. The molecule has 2 aromatic rings. The molecule has 0 unspecified atom stereocenters. The number of fused-ring (bicyclic) bond motifs is 3. The van der Waals surface area contributed by atoms with Gasteiger partial charge in [-0.05, 0) is 26.3 Å². The van der Waals surface area contributed by atoms with Crippen LogP contribution in [0.25, 0.3) is 10.9 Å². The molecule has 8 heteroatoms. The Balaban J connectivity index is 2.20. The van der Waals surface area contributed by atoms with Crippen LogP contribution in [-0.2, 0) is 4.74 Å². The molecule has 0 spiro atoms. The molecule has 0 bridgehead atoms. The number of halogens is 1. The number of ether oxygens (including phenoxy) is 1. The van der Waals surface area contributed by atoms with Crippen LogP contribution in [0.4, 0.5) is 10.5 Å². The van der Waals surface area contributed by atoms with Crippen LogP contribution in [0.3, 0.4) is 0 Å². The number of amides is 1. The second kappa shape index (κ2) is 5.84. The van der Waals surface area contributed by atoms with Crippen molar-refractivity contribution in [2.45, 2.75) is 32.3 Å². The van der Waals surface area contributed by atoms with Gasteiger partial charge in [0.15, 0.2) is 0 Å². The zero-order chi connectivity index (χ0) is 18.5. The summed E-state index contributed by atoms with van der Waals surface area (Å²) in [5.74, 6) is -1.31. The Morgan fingerprint density at radius 2 is 2.12 bits per heavy atom. The van der Waals surface area contributed by atoms with E-state index < -0.39 is 17.7 Å². The maximum absolute atomic E-state index is 12.5. The number of H-pyrrole nitrogens is 1. The summed E-state index contributed by atoms with van der Waals surface area (Å²) < 4.78 is 5.42. The van der Waals surface area contributed by atoms with Crippen molar-refractivity contribution in [2.24, 2.45) is 0 Å². The smallest absolute Gasteiger partial charge is 0.414 e. The summed E-state index contributed by atoms with van der Waals surface area (Å²) in [6.45, 7) is 5.54. The van der Waals surface area contributed by atoms with Crippen LogP contribution in [0, 0.1) is 0 Å². The van der Waals surface area contributed by atoms with Gasteiger partial charge in [0.1, 0.15) is 11.4 Å². The van der Waals surface area contributed by atoms with Crippen molar-refractivity contribution in [3.63, 3.8) is 0 Å². The third kappa shape index (κ3) is 2.89. The number of carbonyl (C=O) groups excluding carboxylic acids is 1. The average Bonchev–Trinajstić information content (AvgIpc) is 3.06. The highest BCUT2D eigenvalue weighted by molar-refractivity contribution is 6.19. The average molecular weight is 367 g/mol. The molecule has 3 N–H and O–H groups in total. The van der Waals surface area contributed by atoms with Gasteiger partial charge in [0.05, 0.1) is 16.8 Å². The number of phenols is 1. The number of anilines is 1. The molecule has 2 heterocycles. The molecule has 0 saturated heterocycles. The molecule has 7 nitrogen and oxygen atoms in total. The largest absolute Gasteiger partial charge is 0.506 e. The lowest BCUT2D eigenvalue weighted by atomic mass is 9.96. The van der Waals surface area contributed by atoms with Crippen LogP contribution >= 0.6 is 11.6 Å². The van der Waals surface area contributed by atoms with Crippen LogP contribution in [-0.4, -0.2) is 45.3 Å². The molecule has 1 aliphatic rings. The molecule has 1 aromatic heterocycles. The minimum atomic E-state index is -1.12. The summed E-state index contributed by atoms with van der Waals surface area (Å²) in [6.07, 6.45) is 0.765. The first-order valence-electron chi connectivity index (χ1n) is 7.80. The molecule has 134 valence electrons. The van der Waals surface area contributed by atoms with Crippen LogP contribution in [0.15, 0.2) is 12.3 Å². The van der Waals surface area contributed by atoms with Gasteiger partial charge in [-0.2, -0.15) is 0 Å². The van der Waals surface area contributed by atoms with Crippen LogP contribution in [0.5, 0.6) is 5.75 Å². The van der Waals surface area contributed by atoms with E-state index in [0.29, 0.717) is 22.2 Å². The highest BCUT2D eigenvalue weighted by Crippen LogP contribution is 2.46. The number of nitrogens with zero attached hydrogens (tertiary/aromatic N) is 1. The summed E-state index contributed by atoms with van der Waals surface area (Å²) in [5.41, 5.74) is 0.725. The van der Waals surface area contributed by atoms with E-state index in [9.17, 15) is 19.8 Å². The van der Waals surface area contributed by atoms with Crippen molar-refractivity contribution in [3.05, 3.63) is 23.4 Å². The predicted molar refractivity (Wildman–Crippen MR) is 94.0 cm³/mol. The van der Waals surface area contributed by atoms with Gasteiger partial charge >= 0.3 is 12.1 Å². The number of hydrogen-bond acceptors (Lipinski definition) is 4. The van der Waals surface area contributed by atoms with Crippen molar-refractivity contribution in [3.8, 4) is 5.75 Å². The minimum absolute atomic E-state index is 0.0308. The molecule has 0 saturated carbocycles. The van der Waals surface area contributed by atoms with Gasteiger partial charge in [0.2, 0.25) is 0 Å². The highest BCUT2D eigenvalue weighted by Gasteiger charge is 2.38. The van der Waals surface area contributed by atoms with Gasteiger partial charge in [-0.25, -0.2) is 9.59 Å². The number of aromatic carboxylic acids is 1. The van der Waals surface area contributed by atoms with Crippen molar-refractivity contribution in [2.75, 3.05) is 17.3 Å². The summed E-state index contributed by atoms with van der Waals surface area (Å²) in [7, 11) is 0. The number of nitrogens with one attached hydrogen (secondary N) is 1. The monoisotopic (exact) mass is 366 g/mol. The number of alkyl halides is 1. The van der Waals surface area contributed by atoms with E-state index in [2.05, 4.69) is 4.98 Å². The molecular weight excluding hydrogens is 348 g/mol. The first kappa shape index (κ1) is 17.4. The number of phenolic OH excluding ortho intramolecular Hbond substituents is 1. The third-order valence-corrected chi connectivity index (χ3v) is 4.46. The fourth-order valence-corrected chi connectivity index (χ4v) is 3.40. The Kier molecular flexibility index (Phi) is 4.07. The molecule has 0 aliphatic carbocycles. The first-order valence-corrected chi connectivity index (χ1v) is 8.34. The fraction of sp³-hybridized carbons (Fsp3) is 0.412. The van der Waals surface area contributed by atoms with E-state index in [1.54, 1.807) is 20.8 Å². The molecule has 25 heavy (non-hydrogen) atoms. The van der Waals surface area contributed by atoms with E-state index in [1.807, 2.05) is 0 Å². The molecule has 1 amide bonds. The van der Waals surface area contributed by atoms with Crippen LogP contribution in [0.2, 0.25) is 0 Å². The maximum Gasteiger partial charge on any atom is 0.414 e. The molecule has 3 rings (SSSR count). The zero-order valence-electron chi connectivity index (χ0n) is 14.1. The van der Waals surface area contributed by atoms with Crippen molar-refractivity contribution >= 4 is 40.3 Å². The number of hydrogen-bond donors (Lipinski definition) is 3. The van der Waals surface area contributed by atoms with Gasteiger partial charge in [-0.15, -0.1) is 11.6 Å². The number of aromatic nitrogens is 1. The van der Waals surface area contributed by atoms with Crippen LogP contribution < -0.4 is 4.90 Å². The summed E-state index contributed by atoms with van der Waals surface area (Å²) >= 11 is 6.08. The van der Waals surface area contributed by atoms with E-state index >= 15 is 0 Å². The Hall–Kier alpha value is -2.41. The molecule has 1 aromatic carbocycles. The normalized spacial score (nSPS) is 17.0. The Morgan fingerprint density at radius 3 is 2.68 bits per heavy atom. The Morgan fingerprint density at radius 1 is 1.44 bits per heavy atom. The number of benzene rings is 1. The topological polar surface area (TPSA) is 103 Å². The molecule has 1 atom stereocenters.